The molecular weight excluding hydrogens is 339 g/mol. The van der Waals surface area contributed by atoms with Gasteiger partial charge < -0.3 is 9.84 Å². The first-order valence-corrected chi connectivity index (χ1v) is 8.60. The minimum Gasteiger partial charge on any atom is -0.390 e. The summed E-state index contributed by atoms with van der Waals surface area (Å²) in [4.78, 5) is 0. The summed E-state index contributed by atoms with van der Waals surface area (Å²) in [5.74, 6) is 2.04. The summed E-state index contributed by atoms with van der Waals surface area (Å²) in [6.45, 7) is 9.03. The molecule has 18 heavy (non-hydrogen) atoms. The molecule has 0 aromatic carbocycles. The molecule has 0 amide bonds. The van der Waals surface area contributed by atoms with Crippen molar-refractivity contribution in [3.8, 4) is 0 Å². The van der Waals surface area contributed by atoms with Crippen molar-refractivity contribution < 1.29 is 9.84 Å². The smallest absolute Gasteiger partial charge is 0.0984 e. The van der Waals surface area contributed by atoms with Crippen molar-refractivity contribution in [3.05, 3.63) is 0 Å². The zero-order valence-corrected chi connectivity index (χ0v) is 14.0. The molecular formula is C15H25IO2. The highest BCUT2D eigenvalue weighted by molar-refractivity contribution is 14.1. The Balaban J connectivity index is 2.07. The molecule has 0 radical (unpaired) electrons. The highest BCUT2D eigenvalue weighted by Crippen LogP contribution is 2.63. The quantitative estimate of drug-likeness (QED) is 0.571. The molecule has 2 heterocycles. The molecule has 0 spiro atoms. The molecule has 3 aliphatic rings. The molecule has 0 aromatic rings. The zero-order valence-electron chi connectivity index (χ0n) is 11.8. The number of fused-ring (bicyclic) bond motifs is 4. The average Bonchev–Trinajstić information content (AvgIpc) is 2.77. The number of alkyl halides is 1. The molecule has 1 aliphatic carbocycles. The number of rotatable bonds is 1. The van der Waals surface area contributed by atoms with Gasteiger partial charge in [-0.05, 0) is 49.9 Å². The van der Waals surface area contributed by atoms with Crippen LogP contribution in [0, 0.1) is 23.7 Å². The van der Waals surface area contributed by atoms with E-state index < -0.39 is 0 Å². The maximum absolute atomic E-state index is 11.0. The first-order chi connectivity index (χ1) is 8.33. The van der Waals surface area contributed by atoms with Crippen LogP contribution in [0.15, 0.2) is 0 Å². The van der Waals surface area contributed by atoms with Crippen LogP contribution in [0.5, 0.6) is 0 Å². The molecule has 0 aromatic heterocycles. The van der Waals surface area contributed by atoms with Gasteiger partial charge in [0.15, 0.2) is 0 Å². The highest BCUT2D eigenvalue weighted by atomic mass is 127. The van der Waals surface area contributed by atoms with E-state index >= 15 is 0 Å². The Morgan fingerprint density at radius 1 is 1.33 bits per heavy atom. The topological polar surface area (TPSA) is 29.5 Å². The van der Waals surface area contributed by atoms with Gasteiger partial charge >= 0.3 is 0 Å². The lowest BCUT2D eigenvalue weighted by Gasteiger charge is -2.52. The van der Waals surface area contributed by atoms with E-state index in [0.717, 1.165) is 6.42 Å². The second-order valence-corrected chi connectivity index (χ2v) is 8.75. The van der Waals surface area contributed by atoms with Crippen molar-refractivity contribution in [1.82, 2.24) is 0 Å². The van der Waals surface area contributed by atoms with Crippen LogP contribution in [0.25, 0.3) is 0 Å². The Morgan fingerprint density at radius 2 is 2.00 bits per heavy atom. The van der Waals surface area contributed by atoms with Gasteiger partial charge in [0.2, 0.25) is 0 Å². The van der Waals surface area contributed by atoms with Gasteiger partial charge in [-0.2, -0.15) is 0 Å². The van der Waals surface area contributed by atoms with Crippen molar-refractivity contribution in [2.24, 2.45) is 23.7 Å². The third-order valence-electron chi connectivity index (χ3n) is 6.16. The predicted molar refractivity (Wildman–Crippen MR) is 80.9 cm³/mol. The third kappa shape index (κ3) is 1.47. The van der Waals surface area contributed by atoms with Crippen LogP contribution in [-0.4, -0.2) is 26.3 Å². The number of ether oxygens (including phenoxy) is 1. The standard InChI is InChI=1S/C15H25IO2/c1-8(2)15-7-11(16)14(4,18-15)10-6-5-9(3)12(10)13(15)17/h8-13,17H,5-7H2,1-4H3/t9-,10-,11+,12-,13+,14+,15-/m1/s1. The molecule has 0 unspecified atom stereocenters. The van der Waals surface area contributed by atoms with E-state index in [1.165, 1.54) is 12.8 Å². The summed E-state index contributed by atoms with van der Waals surface area (Å²) in [6.07, 6.45) is 3.23. The molecule has 2 saturated heterocycles. The first kappa shape index (κ1) is 13.6. The fourth-order valence-electron chi connectivity index (χ4n) is 4.93. The van der Waals surface area contributed by atoms with Crippen molar-refractivity contribution in [2.45, 2.75) is 68.2 Å². The number of aliphatic hydroxyl groups excluding tert-OH is 1. The van der Waals surface area contributed by atoms with Gasteiger partial charge in [0.05, 0.1) is 17.3 Å². The summed E-state index contributed by atoms with van der Waals surface area (Å²) in [5.41, 5.74) is -0.306. The number of aliphatic hydroxyl groups is 1. The zero-order chi connectivity index (χ0) is 13.3. The molecule has 2 aliphatic heterocycles. The Kier molecular flexibility index (Phi) is 3.08. The summed E-state index contributed by atoms with van der Waals surface area (Å²) < 4.78 is 7.10. The van der Waals surface area contributed by atoms with Crippen LogP contribution in [0.1, 0.15) is 47.0 Å². The van der Waals surface area contributed by atoms with Gasteiger partial charge in [-0.1, -0.05) is 43.4 Å². The molecule has 7 atom stereocenters. The molecule has 3 heteroatoms. The van der Waals surface area contributed by atoms with Crippen molar-refractivity contribution in [3.63, 3.8) is 0 Å². The van der Waals surface area contributed by atoms with Gasteiger partial charge in [-0.25, -0.2) is 0 Å². The fraction of sp³-hybridized carbons (Fsp3) is 1.00. The summed E-state index contributed by atoms with van der Waals surface area (Å²) >= 11 is 2.57. The lowest BCUT2D eigenvalue weighted by molar-refractivity contribution is -0.250. The van der Waals surface area contributed by atoms with E-state index in [9.17, 15) is 5.11 Å². The Hall–Kier alpha value is 0.650. The van der Waals surface area contributed by atoms with Crippen LogP contribution in [0.3, 0.4) is 0 Å². The molecule has 104 valence electrons. The number of hydrogen-bond acceptors (Lipinski definition) is 2. The lowest BCUT2D eigenvalue weighted by atomic mass is 9.70. The van der Waals surface area contributed by atoms with Crippen LogP contribution < -0.4 is 0 Å². The van der Waals surface area contributed by atoms with Gasteiger partial charge in [-0.3, -0.25) is 0 Å². The van der Waals surface area contributed by atoms with E-state index in [4.69, 9.17) is 4.74 Å². The molecule has 1 N–H and O–H groups in total. The van der Waals surface area contributed by atoms with Crippen molar-refractivity contribution >= 4 is 22.6 Å². The second kappa shape index (κ2) is 4.08. The van der Waals surface area contributed by atoms with Crippen LogP contribution >= 0.6 is 22.6 Å². The van der Waals surface area contributed by atoms with E-state index in [2.05, 4.69) is 50.3 Å². The monoisotopic (exact) mass is 364 g/mol. The second-order valence-electron chi connectivity index (χ2n) is 7.25. The Morgan fingerprint density at radius 3 is 2.61 bits per heavy atom. The van der Waals surface area contributed by atoms with E-state index in [1.54, 1.807) is 0 Å². The number of hydrogen-bond donors (Lipinski definition) is 1. The van der Waals surface area contributed by atoms with E-state index in [-0.39, 0.29) is 17.3 Å². The van der Waals surface area contributed by atoms with Gasteiger partial charge in [-0.15, -0.1) is 0 Å². The van der Waals surface area contributed by atoms with E-state index in [0.29, 0.717) is 27.6 Å². The predicted octanol–water partition coefficient (Wildman–Crippen LogP) is 3.40. The molecule has 2 bridgehead atoms. The summed E-state index contributed by atoms with van der Waals surface area (Å²) in [7, 11) is 0. The van der Waals surface area contributed by atoms with Crippen LogP contribution in [0.4, 0.5) is 0 Å². The fourth-order valence-corrected chi connectivity index (χ4v) is 6.21. The maximum atomic E-state index is 11.0. The Labute approximate surface area is 124 Å². The van der Waals surface area contributed by atoms with Gasteiger partial charge in [0.25, 0.3) is 0 Å². The van der Waals surface area contributed by atoms with Crippen molar-refractivity contribution in [1.29, 1.82) is 0 Å². The molecule has 3 fully saturated rings. The van der Waals surface area contributed by atoms with Crippen LogP contribution in [0.2, 0.25) is 0 Å². The van der Waals surface area contributed by atoms with Crippen LogP contribution in [-0.2, 0) is 4.74 Å². The van der Waals surface area contributed by atoms with E-state index in [1.807, 2.05) is 0 Å². The number of halogens is 1. The van der Waals surface area contributed by atoms with Gasteiger partial charge in [0, 0.05) is 3.92 Å². The molecule has 2 nitrogen and oxygen atoms in total. The first-order valence-electron chi connectivity index (χ1n) is 7.35. The average molecular weight is 364 g/mol. The normalized spacial score (nSPS) is 59.2. The lowest BCUT2D eigenvalue weighted by Crippen LogP contribution is -2.60. The maximum Gasteiger partial charge on any atom is 0.0984 e. The summed E-state index contributed by atoms with van der Waals surface area (Å²) in [5, 5.41) is 11.0. The minimum atomic E-state index is -0.291. The minimum absolute atomic E-state index is 0.0144. The molecule has 3 rings (SSSR count). The highest BCUT2D eigenvalue weighted by Gasteiger charge is 2.68. The Bertz CT molecular complexity index is 358. The van der Waals surface area contributed by atoms with Crippen molar-refractivity contribution in [2.75, 3.05) is 0 Å². The third-order valence-corrected chi connectivity index (χ3v) is 7.84. The summed E-state index contributed by atoms with van der Waals surface area (Å²) in [6, 6.07) is 0. The molecule has 1 saturated carbocycles. The van der Waals surface area contributed by atoms with Gasteiger partial charge in [0.1, 0.15) is 0 Å². The largest absolute Gasteiger partial charge is 0.390 e. The SMILES string of the molecule is CC(C)[C@@]12C[C@H](I)[C@@](C)(O1)[C@@H]1CC[C@@H](C)[C@H]1[C@@H]2O.